The van der Waals surface area contributed by atoms with E-state index in [2.05, 4.69) is 20.6 Å². The summed E-state index contributed by atoms with van der Waals surface area (Å²) in [6.45, 7) is 16.5. The first-order chi connectivity index (χ1) is 32.5. The molecular formula is C53H67F3N6O6S. The van der Waals surface area contributed by atoms with E-state index in [9.17, 15) is 19.5 Å². The Hall–Kier alpha value is -5.29. The number of ether oxygens (including phenoxy) is 2. The standard InChI is InChI=1S/C53H67F3N6O6S/c1-31-22-38-37-12-10-11-13-41(37)59-45(38)46(62(31)29-53(8,9)56)44-39(54)24-36(25-40(44)55)68-21-19-52(6,7)18-20-67-28-43(64)60-48(51(3,4)5)50(66)61-27-35(63)23-42(61)49(65)57-26-33-14-16-34(17-15-33)47-32(2)58-30-69-47/h10-17,24-25,30-31,35,42,46,48,59,63H,18-23,26-29H2,1-9H3,(H,57,65)(H,60,64)/t31-,35-,42+,46-,48-/m1/s1. The second-order valence-electron chi connectivity index (χ2n) is 21.2. The number of carbonyl (C=O) groups is 3. The molecule has 372 valence electrons. The van der Waals surface area contributed by atoms with Gasteiger partial charge < -0.3 is 35.1 Å². The van der Waals surface area contributed by atoms with Gasteiger partial charge in [0, 0.05) is 73.0 Å². The second kappa shape index (κ2) is 21.0. The fraction of sp³-hybridized carbons (Fsp3) is 0.509. The van der Waals surface area contributed by atoms with E-state index < -0.39 is 64.7 Å². The Kier molecular flexibility index (Phi) is 15.7. The minimum absolute atomic E-state index is 0.0230. The van der Waals surface area contributed by atoms with Gasteiger partial charge in [0.15, 0.2) is 0 Å². The van der Waals surface area contributed by atoms with Crippen LogP contribution in [0.3, 0.4) is 0 Å². The fourth-order valence-electron chi connectivity index (χ4n) is 9.47. The SMILES string of the molecule is Cc1ncsc1-c1ccc(CNC(=O)[C@@H]2C[C@@H](O)CN2C(=O)[C@@H](NC(=O)COCCC(C)(C)CCOc2cc(F)c([C@@H]3c4[nH]c5ccccc5c4C[C@@H](C)N3CC(C)(C)F)c(F)c2)C(C)(C)C)cc1. The van der Waals surface area contributed by atoms with E-state index in [-0.39, 0.29) is 68.6 Å². The number of alkyl halides is 1. The third-order valence-electron chi connectivity index (χ3n) is 13.3. The van der Waals surface area contributed by atoms with Crippen LogP contribution in [0.1, 0.15) is 109 Å². The Bertz CT molecular complexity index is 2600. The summed E-state index contributed by atoms with van der Waals surface area (Å²) < 4.78 is 59.4. The summed E-state index contributed by atoms with van der Waals surface area (Å²) in [5, 5.41) is 17.3. The number of aliphatic hydroxyl groups excluding tert-OH is 1. The fourth-order valence-corrected chi connectivity index (χ4v) is 10.3. The highest BCUT2D eigenvalue weighted by atomic mass is 32.1. The number of carbonyl (C=O) groups excluding carboxylic acids is 3. The number of aryl methyl sites for hydroxylation is 1. The van der Waals surface area contributed by atoms with Gasteiger partial charge in [0.25, 0.3) is 0 Å². The smallest absolute Gasteiger partial charge is 0.246 e. The number of nitrogens with zero attached hydrogens (tertiary/aromatic N) is 3. The van der Waals surface area contributed by atoms with Crippen LogP contribution < -0.4 is 15.4 Å². The van der Waals surface area contributed by atoms with E-state index in [4.69, 9.17) is 9.47 Å². The molecule has 2 aromatic heterocycles. The Balaban J connectivity index is 0.896. The van der Waals surface area contributed by atoms with E-state index in [1.165, 1.54) is 30.9 Å². The predicted molar refractivity (Wildman–Crippen MR) is 263 cm³/mol. The summed E-state index contributed by atoms with van der Waals surface area (Å²) in [6, 6.07) is 15.0. The number of fused-ring (bicyclic) bond motifs is 3. The van der Waals surface area contributed by atoms with Gasteiger partial charge in [-0.1, -0.05) is 77.1 Å². The average molecular weight is 973 g/mol. The van der Waals surface area contributed by atoms with E-state index >= 15 is 13.2 Å². The number of H-pyrrole nitrogens is 1. The molecule has 0 radical (unpaired) electrons. The molecule has 2 aliphatic heterocycles. The summed E-state index contributed by atoms with van der Waals surface area (Å²) in [6.07, 6.45) is 0.802. The van der Waals surface area contributed by atoms with Crippen molar-refractivity contribution in [1.82, 2.24) is 30.4 Å². The maximum Gasteiger partial charge on any atom is 0.246 e. The number of β-amino-alcohol motifs (C(OH)–C–C–N with tert-alkyl or cyclic N) is 1. The summed E-state index contributed by atoms with van der Waals surface area (Å²) in [5.74, 6) is -2.89. The lowest BCUT2D eigenvalue weighted by molar-refractivity contribution is -0.144. The van der Waals surface area contributed by atoms with Gasteiger partial charge in [0.1, 0.15) is 41.7 Å². The van der Waals surface area contributed by atoms with Crippen molar-refractivity contribution >= 4 is 40.0 Å². The molecule has 4 N–H and O–H groups in total. The Morgan fingerprint density at radius 1 is 0.986 bits per heavy atom. The predicted octanol–water partition coefficient (Wildman–Crippen LogP) is 8.97. The molecule has 1 fully saturated rings. The van der Waals surface area contributed by atoms with Crippen molar-refractivity contribution in [3.05, 3.63) is 106 Å². The monoisotopic (exact) mass is 972 g/mol. The Labute approximate surface area is 407 Å². The molecule has 16 heteroatoms. The molecule has 0 spiro atoms. The zero-order valence-corrected chi connectivity index (χ0v) is 42.0. The van der Waals surface area contributed by atoms with Crippen LogP contribution in [0.25, 0.3) is 21.3 Å². The molecule has 5 aromatic rings. The highest BCUT2D eigenvalue weighted by molar-refractivity contribution is 7.13. The lowest BCUT2D eigenvalue weighted by Crippen LogP contribution is -2.58. The first kappa shape index (κ1) is 51.6. The van der Waals surface area contributed by atoms with Crippen molar-refractivity contribution in [3.63, 3.8) is 0 Å². The van der Waals surface area contributed by atoms with Crippen molar-refractivity contribution < 1.29 is 42.1 Å². The molecule has 0 saturated carbocycles. The van der Waals surface area contributed by atoms with Gasteiger partial charge >= 0.3 is 0 Å². The number of aromatic amines is 1. The average Bonchev–Trinajstić information content (AvgIpc) is 3.99. The van der Waals surface area contributed by atoms with Crippen molar-refractivity contribution in [2.24, 2.45) is 10.8 Å². The van der Waals surface area contributed by atoms with E-state index in [1.54, 1.807) is 16.8 Å². The molecule has 4 heterocycles. The number of likely N-dealkylation sites (tertiary alicyclic amines) is 1. The second-order valence-corrected chi connectivity index (χ2v) is 22.1. The molecule has 7 rings (SSSR count). The molecular weight excluding hydrogens is 906 g/mol. The number of para-hydroxylation sites is 1. The lowest BCUT2D eigenvalue weighted by Gasteiger charge is -2.43. The van der Waals surface area contributed by atoms with Crippen LogP contribution in [0.15, 0.2) is 66.2 Å². The van der Waals surface area contributed by atoms with Crippen molar-refractivity contribution in [2.75, 3.05) is 32.9 Å². The zero-order chi connectivity index (χ0) is 50.0. The Morgan fingerprint density at radius 2 is 1.67 bits per heavy atom. The normalized spacial score (nSPS) is 19.4. The third kappa shape index (κ3) is 12.4. The van der Waals surface area contributed by atoms with Crippen molar-refractivity contribution in [3.8, 4) is 16.2 Å². The summed E-state index contributed by atoms with van der Waals surface area (Å²) in [5.41, 5.74) is 4.28. The molecule has 0 unspecified atom stereocenters. The number of amides is 3. The van der Waals surface area contributed by atoms with Crippen molar-refractivity contribution in [1.29, 1.82) is 0 Å². The molecule has 3 aromatic carbocycles. The van der Waals surface area contributed by atoms with Crippen LogP contribution in [0, 0.1) is 29.4 Å². The summed E-state index contributed by atoms with van der Waals surface area (Å²) in [7, 11) is 0. The van der Waals surface area contributed by atoms with Gasteiger partial charge in [0.2, 0.25) is 17.7 Å². The summed E-state index contributed by atoms with van der Waals surface area (Å²) in [4.78, 5) is 52.8. The van der Waals surface area contributed by atoms with Crippen LogP contribution in [0.5, 0.6) is 5.75 Å². The van der Waals surface area contributed by atoms with E-state index in [0.717, 1.165) is 38.2 Å². The van der Waals surface area contributed by atoms with Gasteiger partial charge in [-0.05, 0) is 80.5 Å². The third-order valence-corrected chi connectivity index (χ3v) is 14.3. The topological polar surface area (TPSA) is 149 Å². The number of nitrogens with one attached hydrogen (secondary N) is 3. The maximum atomic E-state index is 16.2. The molecule has 12 nitrogen and oxygen atoms in total. The molecule has 1 saturated heterocycles. The first-order valence-electron chi connectivity index (χ1n) is 23.8. The molecule has 0 bridgehead atoms. The number of benzene rings is 3. The highest BCUT2D eigenvalue weighted by Gasteiger charge is 2.45. The van der Waals surface area contributed by atoms with Gasteiger partial charge in [-0.25, -0.2) is 18.2 Å². The number of thiazole rings is 1. The van der Waals surface area contributed by atoms with Crippen molar-refractivity contribution in [2.45, 2.75) is 130 Å². The zero-order valence-electron chi connectivity index (χ0n) is 41.2. The highest BCUT2D eigenvalue weighted by Crippen LogP contribution is 2.44. The summed E-state index contributed by atoms with van der Waals surface area (Å²) >= 11 is 1.56. The van der Waals surface area contributed by atoms with Crippen LogP contribution in [-0.2, 0) is 32.1 Å². The molecule has 0 aliphatic carbocycles. The lowest BCUT2D eigenvalue weighted by atomic mass is 9.85. The number of rotatable bonds is 18. The van der Waals surface area contributed by atoms with Crippen LogP contribution in [0.2, 0.25) is 0 Å². The molecule has 69 heavy (non-hydrogen) atoms. The molecule has 5 atom stereocenters. The number of hydrogen-bond donors (Lipinski definition) is 4. The number of aliphatic hydroxyl groups is 1. The van der Waals surface area contributed by atoms with Crippen LogP contribution in [-0.4, -0.2) is 105 Å². The first-order valence-corrected chi connectivity index (χ1v) is 24.7. The van der Waals surface area contributed by atoms with E-state index in [0.29, 0.717) is 25.0 Å². The van der Waals surface area contributed by atoms with Gasteiger partial charge in [-0.2, -0.15) is 0 Å². The minimum Gasteiger partial charge on any atom is -0.493 e. The number of hydrogen-bond acceptors (Lipinski definition) is 9. The number of aromatic nitrogens is 2. The van der Waals surface area contributed by atoms with Crippen LogP contribution in [0.4, 0.5) is 13.2 Å². The maximum absolute atomic E-state index is 16.2. The Morgan fingerprint density at radius 3 is 2.32 bits per heavy atom. The van der Waals surface area contributed by atoms with E-state index in [1.807, 2.05) is 102 Å². The molecule has 2 aliphatic rings. The number of halogens is 3. The minimum atomic E-state index is -1.61. The van der Waals surface area contributed by atoms with Gasteiger partial charge in [-0.3, -0.25) is 19.3 Å². The van der Waals surface area contributed by atoms with Gasteiger partial charge in [-0.15, -0.1) is 11.3 Å². The molecule has 3 amide bonds. The van der Waals surface area contributed by atoms with Crippen LogP contribution >= 0.6 is 11.3 Å². The largest absolute Gasteiger partial charge is 0.493 e. The quantitative estimate of drug-likeness (QED) is 0.0637. The van der Waals surface area contributed by atoms with Gasteiger partial charge in [0.05, 0.1) is 34.8 Å².